The number of fused-ring (bicyclic) bond motifs is 1. The molecule has 2 aliphatic carbocycles. The Kier molecular flexibility index (Phi) is 2.99. The summed E-state index contributed by atoms with van der Waals surface area (Å²) < 4.78 is -0.383. The molecule has 104 valence electrons. The molecule has 0 aliphatic heterocycles. The molecule has 3 rings (SSSR count). The molecule has 0 amide bonds. The van der Waals surface area contributed by atoms with E-state index in [9.17, 15) is 10.1 Å². The summed E-state index contributed by atoms with van der Waals surface area (Å²) in [5.41, 5.74) is -0.0246. The molecule has 2 nitrogen and oxygen atoms in total. The van der Waals surface area contributed by atoms with Crippen LogP contribution in [-0.2, 0) is 4.79 Å². The Morgan fingerprint density at radius 2 is 1.65 bits per heavy atom. The second-order valence-electron chi connectivity index (χ2n) is 6.89. The first kappa shape index (κ1) is 13.7. The number of hydrogen-bond acceptors (Lipinski definition) is 3. The Balaban J connectivity index is 1.91. The van der Waals surface area contributed by atoms with E-state index in [1.165, 1.54) is 0 Å². The zero-order chi connectivity index (χ0) is 14.4. The van der Waals surface area contributed by atoms with Gasteiger partial charge >= 0.3 is 0 Å². The summed E-state index contributed by atoms with van der Waals surface area (Å²) in [6, 6.07) is 12.7. The topological polar surface area (TPSA) is 40.9 Å². The van der Waals surface area contributed by atoms with Gasteiger partial charge in [0.25, 0.3) is 0 Å². The molecule has 2 atom stereocenters. The van der Waals surface area contributed by atoms with Gasteiger partial charge in [-0.2, -0.15) is 5.26 Å². The van der Waals surface area contributed by atoms with Crippen molar-refractivity contribution in [1.82, 2.24) is 0 Å². The van der Waals surface area contributed by atoms with E-state index in [-0.39, 0.29) is 15.6 Å². The fourth-order valence-corrected chi connectivity index (χ4v) is 5.69. The van der Waals surface area contributed by atoms with Crippen LogP contribution in [0.4, 0.5) is 0 Å². The SMILES string of the molecule is CC12CC(=O)CC1(C)CC(C#N)(Sc1ccccc1)C2. The molecule has 0 aromatic heterocycles. The standard InChI is InChI=1S/C17H19NOS/c1-15-8-13(19)9-16(15,2)11-17(10-15,12-18)20-14-6-4-3-5-7-14/h3-7H,8-11H2,1-2H3. The fourth-order valence-electron chi connectivity index (χ4n) is 4.12. The summed E-state index contributed by atoms with van der Waals surface area (Å²) in [7, 11) is 0. The first-order valence-corrected chi connectivity index (χ1v) is 7.89. The number of ketones is 1. The predicted octanol–water partition coefficient (Wildman–Crippen LogP) is 4.21. The molecular formula is C17H19NOS. The second-order valence-corrected chi connectivity index (χ2v) is 8.35. The Bertz CT molecular complexity index is 569. The molecule has 0 bridgehead atoms. The van der Waals surface area contributed by atoms with Crippen molar-refractivity contribution >= 4 is 17.5 Å². The van der Waals surface area contributed by atoms with Crippen LogP contribution in [0.3, 0.4) is 0 Å². The molecule has 1 aromatic carbocycles. The average molecular weight is 285 g/mol. The molecule has 0 heterocycles. The van der Waals surface area contributed by atoms with Crippen molar-refractivity contribution in [2.75, 3.05) is 0 Å². The Hall–Kier alpha value is -1.27. The van der Waals surface area contributed by atoms with E-state index in [0.717, 1.165) is 17.7 Å². The van der Waals surface area contributed by atoms with Gasteiger partial charge in [0.15, 0.2) is 0 Å². The molecule has 2 saturated carbocycles. The molecule has 3 heteroatoms. The van der Waals surface area contributed by atoms with Gasteiger partial charge in [-0.15, -0.1) is 11.8 Å². The van der Waals surface area contributed by atoms with Gasteiger partial charge in [-0.3, -0.25) is 4.79 Å². The van der Waals surface area contributed by atoms with Crippen LogP contribution >= 0.6 is 11.8 Å². The van der Waals surface area contributed by atoms with Crippen molar-refractivity contribution < 1.29 is 4.79 Å². The quantitative estimate of drug-likeness (QED) is 0.817. The third kappa shape index (κ3) is 1.98. The van der Waals surface area contributed by atoms with E-state index >= 15 is 0 Å². The lowest BCUT2D eigenvalue weighted by Gasteiger charge is -2.32. The van der Waals surface area contributed by atoms with Crippen LogP contribution in [0.1, 0.15) is 39.5 Å². The van der Waals surface area contributed by atoms with E-state index in [4.69, 9.17) is 0 Å². The lowest BCUT2D eigenvalue weighted by Crippen LogP contribution is -2.25. The lowest BCUT2D eigenvalue weighted by atomic mass is 9.71. The maximum Gasteiger partial charge on any atom is 0.134 e. The lowest BCUT2D eigenvalue weighted by molar-refractivity contribution is -0.118. The highest BCUT2D eigenvalue weighted by molar-refractivity contribution is 8.01. The molecule has 2 fully saturated rings. The van der Waals surface area contributed by atoms with Crippen molar-refractivity contribution in [3.8, 4) is 6.07 Å². The average Bonchev–Trinajstić information content (AvgIpc) is 2.71. The number of rotatable bonds is 2. The first-order valence-electron chi connectivity index (χ1n) is 7.08. The van der Waals surface area contributed by atoms with Gasteiger partial charge in [0, 0.05) is 17.7 Å². The van der Waals surface area contributed by atoms with Crippen LogP contribution in [0.15, 0.2) is 35.2 Å². The Labute approximate surface area is 124 Å². The van der Waals surface area contributed by atoms with Crippen molar-refractivity contribution in [3.05, 3.63) is 30.3 Å². The molecule has 0 N–H and O–H groups in total. The predicted molar refractivity (Wildman–Crippen MR) is 80.3 cm³/mol. The van der Waals surface area contributed by atoms with Gasteiger partial charge in [0.05, 0.1) is 6.07 Å². The molecule has 20 heavy (non-hydrogen) atoms. The van der Waals surface area contributed by atoms with Gasteiger partial charge in [0.2, 0.25) is 0 Å². The minimum atomic E-state index is -0.383. The van der Waals surface area contributed by atoms with Crippen LogP contribution in [-0.4, -0.2) is 10.5 Å². The van der Waals surface area contributed by atoms with E-state index in [1.54, 1.807) is 11.8 Å². The van der Waals surface area contributed by atoms with Gasteiger partial charge in [0.1, 0.15) is 10.5 Å². The van der Waals surface area contributed by atoms with Crippen LogP contribution in [0, 0.1) is 22.2 Å². The molecule has 0 spiro atoms. The van der Waals surface area contributed by atoms with Crippen LogP contribution in [0.2, 0.25) is 0 Å². The Morgan fingerprint density at radius 1 is 1.10 bits per heavy atom. The highest BCUT2D eigenvalue weighted by Crippen LogP contribution is 2.67. The number of thioether (sulfide) groups is 1. The summed E-state index contributed by atoms with van der Waals surface area (Å²) in [6.07, 6.45) is 2.92. The third-order valence-corrected chi connectivity index (χ3v) is 6.52. The van der Waals surface area contributed by atoms with E-state index < -0.39 is 0 Å². The van der Waals surface area contributed by atoms with Gasteiger partial charge in [-0.1, -0.05) is 32.0 Å². The van der Waals surface area contributed by atoms with Crippen LogP contribution in [0.25, 0.3) is 0 Å². The number of carbonyl (C=O) groups is 1. The maximum atomic E-state index is 11.8. The zero-order valence-corrected chi connectivity index (χ0v) is 12.8. The summed E-state index contributed by atoms with van der Waals surface area (Å²) in [6.45, 7) is 4.39. The van der Waals surface area contributed by atoms with Crippen molar-refractivity contribution in [3.63, 3.8) is 0 Å². The minimum Gasteiger partial charge on any atom is -0.300 e. The number of carbonyl (C=O) groups excluding carboxylic acids is 1. The number of Topliss-reactive ketones (excluding diaryl/α,β-unsaturated/α-hetero) is 1. The summed E-state index contributed by atoms with van der Waals surface area (Å²) in [4.78, 5) is 13.0. The number of benzene rings is 1. The third-order valence-electron chi connectivity index (χ3n) is 5.24. The molecular weight excluding hydrogens is 266 g/mol. The molecule has 1 aromatic rings. The number of hydrogen-bond donors (Lipinski definition) is 0. The number of nitriles is 1. The smallest absolute Gasteiger partial charge is 0.134 e. The van der Waals surface area contributed by atoms with E-state index in [1.807, 2.05) is 18.2 Å². The normalized spacial score (nSPS) is 39.5. The van der Waals surface area contributed by atoms with Crippen LogP contribution in [0.5, 0.6) is 0 Å². The van der Waals surface area contributed by atoms with Gasteiger partial charge < -0.3 is 0 Å². The molecule has 0 saturated heterocycles. The highest BCUT2D eigenvalue weighted by atomic mass is 32.2. The summed E-state index contributed by atoms with van der Waals surface area (Å²) in [5, 5.41) is 9.77. The Morgan fingerprint density at radius 3 is 2.15 bits per heavy atom. The molecule has 0 radical (unpaired) electrons. The van der Waals surface area contributed by atoms with Crippen LogP contribution < -0.4 is 0 Å². The highest BCUT2D eigenvalue weighted by Gasteiger charge is 2.63. The minimum absolute atomic E-state index is 0.0123. The summed E-state index contributed by atoms with van der Waals surface area (Å²) >= 11 is 1.68. The van der Waals surface area contributed by atoms with Crippen molar-refractivity contribution in [2.45, 2.75) is 49.2 Å². The van der Waals surface area contributed by atoms with Crippen molar-refractivity contribution in [1.29, 1.82) is 5.26 Å². The summed E-state index contributed by atoms with van der Waals surface area (Å²) in [5.74, 6) is 0.367. The van der Waals surface area contributed by atoms with Crippen molar-refractivity contribution in [2.24, 2.45) is 10.8 Å². The zero-order valence-electron chi connectivity index (χ0n) is 12.0. The maximum absolute atomic E-state index is 11.8. The second kappa shape index (κ2) is 4.36. The van der Waals surface area contributed by atoms with E-state index in [2.05, 4.69) is 32.0 Å². The van der Waals surface area contributed by atoms with Gasteiger partial charge in [-0.25, -0.2) is 0 Å². The first-order chi connectivity index (χ1) is 9.40. The molecule has 2 unspecified atom stereocenters. The van der Waals surface area contributed by atoms with Gasteiger partial charge in [-0.05, 0) is 35.8 Å². The molecule has 2 aliphatic rings. The number of nitrogens with zero attached hydrogens (tertiary/aromatic N) is 1. The fraction of sp³-hybridized carbons (Fsp3) is 0.529. The van der Waals surface area contributed by atoms with E-state index in [0.29, 0.717) is 18.6 Å². The largest absolute Gasteiger partial charge is 0.300 e. The monoisotopic (exact) mass is 285 g/mol.